The molecule has 4 fully saturated rings. The summed E-state index contributed by atoms with van der Waals surface area (Å²) in [5, 5.41) is 3.53. The van der Waals surface area contributed by atoms with Crippen LogP contribution in [0, 0.1) is 0 Å². The highest BCUT2D eigenvalue weighted by molar-refractivity contribution is 5.93. The molecular weight excluding hydrogens is 548 g/mol. The van der Waals surface area contributed by atoms with Crippen molar-refractivity contribution in [2.75, 3.05) is 26.2 Å². The quantitative estimate of drug-likeness (QED) is 0.416. The molecule has 7 nitrogen and oxygen atoms in total. The van der Waals surface area contributed by atoms with Crippen LogP contribution in [0.1, 0.15) is 61.6 Å². The maximum absolute atomic E-state index is 14.5. The molecule has 0 radical (unpaired) electrons. The van der Waals surface area contributed by atoms with E-state index < -0.39 is 17.5 Å². The van der Waals surface area contributed by atoms with Crippen LogP contribution >= 0.6 is 0 Å². The number of carbonyl (C=O) groups is 3. The van der Waals surface area contributed by atoms with Gasteiger partial charge in [-0.25, -0.2) is 0 Å². The van der Waals surface area contributed by atoms with Crippen molar-refractivity contribution in [1.29, 1.82) is 0 Å². The van der Waals surface area contributed by atoms with E-state index in [9.17, 15) is 14.4 Å². The minimum Gasteiger partial charge on any atom is -0.336 e. The van der Waals surface area contributed by atoms with Gasteiger partial charge in [0.1, 0.15) is 12.1 Å². The Hall–Kier alpha value is -3.97. The summed E-state index contributed by atoms with van der Waals surface area (Å²) in [6.45, 7) is 2.84. The van der Waals surface area contributed by atoms with Crippen molar-refractivity contribution in [3.8, 4) is 0 Å². The molecule has 3 amide bonds. The van der Waals surface area contributed by atoms with Gasteiger partial charge in [0.15, 0.2) is 0 Å². The fourth-order valence-electron chi connectivity index (χ4n) is 8.43. The maximum Gasteiger partial charge on any atom is 0.246 e. The molecule has 4 heterocycles. The van der Waals surface area contributed by atoms with Gasteiger partial charge in [-0.05, 0) is 61.8 Å². The molecule has 3 aromatic carbocycles. The number of benzene rings is 3. The van der Waals surface area contributed by atoms with E-state index in [-0.39, 0.29) is 30.2 Å². The normalized spacial score (nSPS) is 25.0. The topological polar surface area (TPSA) is 73.0 Å². The van der Waals surface area contributed by atoms with E-state index in [0.717, 1.165) is 55.5 Å². The highest BCUT2D eigenvalue weighted by Gasteiger charge is 2.48. The number of hydrogen-bond acceptors (Lipinski definition) is 4. The number of nitrogens with one attached hydrogen (secondary N) is 1. The lowest BCUT2D eigenvalue weighted by molar-refractivity contribution is -0.149. The minimum absolute atomic E-state index is 0.0288. The Balaban J connectivity index is 1.17. The van der Waals surface area contributed by atoms with Gasteiger partial charge in [0.05, 0.1) is 5.41 Å². The molecule has 4 saturated heterocycles. The fraction of sp³-hybridized carbons (Fsp3) is 0.432. The zero-order chi connectivity index (χ0) is 30.1. The highest BCUT2D eigenvalue weighted by Crippen LogP contribution is 2.43. The van der Waals surface area contributed by atoms with Gasteiger partial charge in [-0.15, -0.1) is 0 Å². The van der Waals surface area contributed by atoms with Crippen molar-refractivity contribution in [3.63, 3.8) is 0 Å². The number of hydrogen-bond donors (Lipinski definition) is 1. The molecule has 228 valence electrons. The van der Waals surface area contributed by atoms with Gasteiger partial charge in [-0.2, -0.15) is 0 Å². The Kier molecular flexibility index (Phi) is 7.98. The van der Waals surface area contributed by atoms with Gasteiger partial charge >= 0.3 is 0 Å². The van der Waals surface area contributed by atoms with E-state index in [0.29, 0.717) is 32.0 Å². The second kappa shape index (κ2) is 12.2. The first-order chi connectivity index (χ1) is 21.6. The van der Waals surface area contributed by atoms with Gasteiger partial charge in [-0.1, -0.05) is 91.0 Å². The molecule has 4 aliphatic heterocycles. The van der Waals surface area contributed by atoms with E-state index in [1.807, 2.05) is 69.3 Å². The van der Waals surface area contributed by atoms with E-state index in [2.05, 4.69) is 41.7 Å². The summed E-state index contributed by atoms with van der Waals surface area (Å²) in [4.78, 5) is 48.3. The van der Waals surface area contributed by atoms with Crippen LogP contribution in [0.2, 0.25) is 0 Å². The summed E-state index contributed by atoms with van der Waals surface area (Å²) in [6.07, 6.45) is 5.11. The number of amides is 3. The molecule has 0 aromatic heterocycles. The van der Waals surface area contributed by atoms with Crippen molar-refractivity contribution in [2.45, 2.75) is 74.5 Å². The summed E-state index contributed by atoms with van der Waals surface area (Å²) < 4.78 is 0. The van der Waals surface area contributed by atoms with Crippen molar-refractivity contribution < 1.29 is 14.4 Å². The Morgan fingerprint density at radius 3 is 1.68 bits per heavy atom. The first kappa shape index (κ1) is 28.8. The van der Waals surface area contributed by atoms with Crippen LogP contribution in [0.3, 0.4) is 0 Å². The predicted octanol–water partition coefficient (Wildman–Crippen LogP) is 4.36. The Labute approximate surface area is 260 Å². The average molecular weight is 591 g/mol. The van der Waals surface area contributed by atoms with Crippen LogP contribution in [0.25, 0.3) is 0 Å². The number of rotatable bonds is 7. The molecule has 4 atom stereocenters. The van der Waals surface area contributed by atoms with E-state index in [4.69, 9.17) is 0 Å². The Morgan fingerprint density at radius 1 is 0.614 bits per heavy atom. The molecule has 0 bridgehead atoms. The third kappa shape index (κ3) is 5.01. The van der Waals surface area contributed by atoms with Gasteiger partial charge in [-0.3, -0.25) is 14.4 Å². The molecule has 0 spiro atoms. The van der Waals surface area contributed by atoms with Crippen LogP contribution in [-0.4, -0.2) is 82.8 Å². The largest absolute Gasteiger partial charge is 0.336 e. The van der Waals surface area contributed by atoms with Crippen LogP contribution in [0.15, 0.2) is 91.0 Å². The minimum atomic E-state index is -0.717. The Morgan fingerprint density at radius 2 is 1.11 bits per heavy atom. The molecule has 2 unspecified atom stereocenters. The first-order valence-electron chi connectivity index (χ1n) is 16.4. The molecule has 44 heavy (non-hydrogen) atoms. The lowest BCUT2D eigenvalue weighted by Crippen LogP contribution is -2.54. The van der Waals surface area contributed by atoms with Crippen molar-refractivity contribution in [2.24, 2.45) is 0 Å². The monoisotopic (exact) mass is 590 g/mol. The lowest BCUT2D eigenvalue weighted by atomic mass is 9.67. The zero-order valence-electron chi connectivity index (χ0n) is 25.3. The third-order valence-corrected chi connectivity index (χ3v) is 10.6. The second-order valence-electron chi connectivity index (χ2n) is 12.9. The SMILES string of the molecule is O=C([C@H]1CCCN1C(=O)[C@@H]1CCCN1C(=O)CC(c1ccccc1)(c1ccccc1)c1ccccc1)N1CCC2NCCC21. The van der Waals surface area contributed by atoms with Crippen LogP contribution in [0.5, 0.6) is 0 Å². The first-order valence-corrected chi connectivity index (χ1v) is 16.4. The van der Waals surface area contributed by atoms with Gasteiger partial charge in [0.25, 0.3) is 0 Å². The van der Waals surface area contributed by atoms with Crippen molar-refractivity contribution in [3.05, 3.63) is 108 Å². The number of nitrogens with zero attached hydrogens (tertiary/aromatic N) is 3. The molecule has 7 rings (SSSR count). The second-order valence-corrected chi connectivity index (χ2v) is 12.9. The third-order valence-electron chi connectivity index (χ3n) is 10.6. The van der Waals surface area contributed by atoms with E-state index in [1.54, 1.807) is 0 Å². The molecule has 7 heteroatoms. The standard InChI is InChI=1S/C37H42N4O3/c42-34(26-37(27-12-4-1-5-13-27,28-14-6-2-7-15-28)29-16-8-3-9-17-29)39-23-10-18-32(39)35(43)40-24-11-19-33(40)36(44)41-25-21-30-31(41)20-22-38-30/h1-9,12-17,30-33,38H,10-11,18-26H2/t30?,31?,32-,33+/m0/s1. The van der Waals surface area contributed by atoms with Crippen LogP contribution < -0.4 is 5.32 Å². The van der Waals surface area contributed by atoms with Gasteiger partial charge < -0.3 is 20.0 Å². The molecule has 3 aromatic rings. The zero-order valence-corrected chi connectivity index (χ0v) is 25.3. The number of fused-ring (bicyclic) bond motifs is 1. The summed E-state index contributed by atoms with van der Waals surface area (Å²) in [7, 11) is 0. The summed E-state index contributed by atoms with van der Waals surface area (Å²) >= 11 is 0. The summed E-state index contributed by atoms with van der Waals surface area (Å²) in [5.74, 6) is 0.00907. The smallest absolute Gasteiger partial charge is 0.246 e. The summed E-state index contributed by atoms with van der Waals surface area (Å²) in [6, 6.07) is 30.4. The molecular formula is C37H42N4O3. The molecule has 0 saturated carbocycles. The van der Waals surface area contributed by atoms with Crippen LogP contribution in [0.4, 0.5) is 0 Å². The molecule has 4 aliphatic rings. The molecule has 0 aliphatic carbocycles. The van der Waals surface area contributed by atoms with Crippen molar-refractivity contribution >= 4 is 17.7 Å². The fourth-order valence-corrected chi connectivity index (χ4v) is 8.43. The lowest BCUT2D eigenvalue weighted by Gasteiger charge is -2.38. The number of carbonyl (C=O) groups excluding carboxylic acids is 3. The maximum atomic E-state index is 14.5. The van der Waals surface area contributed by atoms with E-state index >= 15 is 0 Å². The van der Waals surface area contributed by atoms with Gasteiger partial charge in [0, 0.05) is 38.1 Å². The molecule has 1 N–H and O–H groups in total. The Bertz CT molecular complexity index is 1380. The van der Waals surface area contributed by atoms with Gasteiger partial charge in [0.2, 0.25) is 17.7 Å². The number of likely N-dealkylation sites (tertiary alicyclic amines) is 3. The van der Waals surface area contributed by atoms with E-state index in [1.165, 1.54) is 0 Å². The van der Waals surface area contributed by atoms with Crippen LogP contribution in [-0.2, 0) is 19.8 Å². The average Bonchev–Trinajstić information content (AvgIpc) is 3.89. The predicted molar refractivity (Wildman–Crippen MR) is 170 cm³/mol. The summed E-state index contributed by atoms with van der Waals surface area (Å²) in [5.41, 5.74) is 2.42. The highest BCUT2D eigenvalue weighted by atomic mass is 16.2. The van der Waals surface area contributed by atoms with Crippen molar-refractivity contribution in [1.82, 2.24) is 20.0 Å².